The predicted octanol–water partition coefficient (Wildman–Crippen LogP) is 3.82. The van der Waals surface area contributed by atoms with Crippen LogP contribution >= 0.6 is 12.2 Å². The van der Waals surface area contributed by atoms with Gasteiger partial charge in [-0.25, -0.2) is 5.10 Å². The third-order valence-electron chi connectivity index (χ3n) is 4.69. The van der Waals surface area contributed by atoms with Crippen LogP contribution in [-0.2, 0) is 0 Å². The number of nitrogens with one attached hydrogen (secondary N) is 1. The molecule has 2 aliphatic rings. The molecule has 19 heavy (non-hydrogen) atoms. The summed E-state index contributed by atoms with van der Waals surface area (Å²) >= 11 is 5.47. The van der Waals surface area contributed by atoms with E-state index < -0.39 is 0 Å². The lowest BCUT2D eigenvalue weighted by Gasteiger charge is -2.29. The van der Waals surface area contributed by atoms with E-state index in [9.17, 15) is 0 Å². The van der Waals surface area contributed by atoms with Gasteiger partial charge in [0.25, 0.3) is 0 Å². The van der Waals surface area contributed by atoms with Crippen molar-refractivity contribution in [1.29, 1.82) is 0 Å². The molecule has 1 aliphatic heterocycles. The lowest BCUT2D eigenvalue weighted by Crippen LogP contribution is -2.35. The molecule has 0 aromatic carbocycles. The first-order chi connectivity index (χ1) is 9.27. The smallest absolute Gasteiger partial charge is 0.226 e. The largest absolute Gasteiger partial charge is 0.338 e. The van der Waals surface area contributed by atoms with Crippen LogP contribution in [0.2, 0.25) is 0 Å². The van der Waals surface area contributed by atoms with Crippen LogP contribution in [0.1, 0.15) is 64.3 Å². The molecule has 0 radical (unpaired) electrons. The molecule has 0 bridgehead atoms. The monoisotopic (exact) mass is 280 g/mol. The van der Waals surface area contributed by atoms with Crippen LogP contribution in [0.5, 0.6) is 0 Å². The Balaban J connectivity index is 1.92. The third kappa shape index (κ3) is 2.57. The van der Waals surface area contributed by atoms with Crippen LogP contribution in [0, 0.1) is 4.77 Å². The molecule has 1 N–H and O–H groups in total. The first-order valence-electron chi connectivity index (χ1n) is 7.71. The minimum atomic E-state index is 0.566. The maximum absolute atomic E-state index is 5.47. The molecule has 1 aliphatic carbocycles. The van der Waals surface area contributed by atoms with Gasteiger partial charge in [-0.1, -0.05) is 25.7 Å². The fourth-order valence-corrected chi connectivity index (χ4v) is 3.84. The summed E-state index contributed by atoms with van der Waals surface area (Å²) in [6, 6.07) is 1.14. The number of anilines is 1. The lowest BCUT2D eigenvalue weighted by atomic mass is 10.1. The lowest BCUT2D eigenvalue weighted by molar-refractivity contribution is 0.494. The number of hydrogen-bond acceptors (Lipinski definition) is 3. The normalized spacial score (nSPS) is 25.7. The summed E-state index contributed by atoms with van der Waals surface area (Å²) in [6.45, 7) is 3.44. The van der Waals surface area contributed by atoms with E-state index >= 15 is 0 Å². The van der Waals surface area contributed by atoms with Crippen molar-refractivity contribution in [3.63, 3.8) is 0 Å². The molecule has 3 rings (SSSR count). The van der Waals surface area contributed by atoms with Crippen LogP contribution in [0.3, 0.4) is 0 Å². The highest BCUT2D eigenvalue weighted by atomic mass is 32.1. The Bertz CT molecular complexity index is 472. The third-order valence-corrected chi connectivity index (χ3v) is 4.97. The van der Waals surface area contributed by atoms with Crippen LogP contribution in [0.25, 0.3) is 0 Å². The summed E-state index contributed by atoms with van der Waals surface area (Å²) in [7, 11) is 0. The van der Waals surface area contributed by atoms with E-state index in [2.05, 4.69) is 26.6 Å². The Morgan fingerprint density at radius 3 is 2.63 bits per heavy atom. The van der Waals surface area contributed by atoms with Crippen molar-refractivity contribution in [3.8, 4) is 0 Å². The van der Waals surface area contributed by atoms with E-state index in [-0.39, 0.29) is 0 Å². The Hall–Kier alpha value is -0.840. The van der Waals surface area contributed by atoms with Gasteiger partial charge in [-0.3, -0.25) is 4.57 Å². The topological polar surface area (TPSA) is 36.9 Å². The number of H-pyrrole nitrogens is 1. The van der Waals surface area contributed by atoms with Crippen molar-refractivity contribution >= 4 is 18.2 Å². The number of hydrogen-bond donors (Lipinski definition) is 1. The molecule has 1 atom stereocenters. The molecule has 1 unspecified atom stereocenters. The van der Waals surface area contributed by atoms with Crippen LogP contribution in [0.15, 0.2) is 0 Å². The molecule has 0 amide bonds. The maximum Gasteiger partial charge on any atom is 0.226 e. The van der Waals surface area contributed by atoms with Gasteiger partial charge in [0.2, 0.25) is 5.95 Å². The Morgan fingerprint density at radius 1 is 1.11 bits per heavy atom. The van der Waals surface area contributed by atoms with E-state index in [1.165, 1.54) is 51.4 Å². The number of aromatic nitrogens is 3. The highest BCUT2D eigenvalue weighted by Gasteiger charge is 2.26. The van der Waals surface area contributed by atoms with Crippen LogP contribution in [0.4, 0.5) is 5.95 Å². The van der Waals surface area contributed by atoms with E-state index in [0.29, 0.717) is 12.1 Å². The summed E-state index contributed by atoms with van der Waals surface area (Å²) in [6.07, 6.45) is 10.4. The number of aromatic amines is 1. The highest BCUT2D eigenvalue weighted by Crippen LogP contribution is 2.34. The van der Waals surface area contributed by atoms with Gasteiger partial charge in [0.1, 0.15) is 0 Å². The minimum absolute atomic E-state index is 0.566. The van der Waals surface area contributed by atoms with Crippen molar-refractivity contribution in [3.05, 3.63) is 4.77 Å². The van der Waals surface area contributed by atoms with Gasteiger partial charge in [-0.2, -0.15) is 0 Å². The molecule has 106 valence electrons. The molecule has 1 saturated heterocycles. The summed E-state index contributed by atoms with van der Waals surface area (Å²) in [5, 5.41) is 7.57. The molecule has 2 fully saturated rings. The second-order valence-corrected chi connectivity index (χ2v) is 6.42. The number of nitrogens with zero attached hydrogens (tertiary/aromatic N) is 3. The van der Waals surface area contributed by atoms with Crippen molar-refractivity contribution in [2.75, 3.05) is 11.4 Å². The Kier molecular flexibility index (Phi) is 3.91. The van der Waals surface area contributed by atoms with Gasteiger partial charge in [0.05, 0.1) is 0 Å². The van der Waals surface area contributed by atoms with Gasteiger partial charge in [-0.05, 0) is 44.8 Å². The van der Waals surface area contributed by atoms with Gasteiger partial charge in [-0.15, -0.1) is 5.10 Å². The standard InChI is InChI=1S/C14H24N4S/c1-11-7-3-2-6-10-17(11)13-15-16-14(19)18(13)12-8-4-5-9-12/h11-12H,2-10H2,1H3,(H,16,19). The van der Waals surface area contributed by atoms with E-state index in [4.69, 9.17) is 12.2 Å². The SMILES string of the molecule is CC1CCCCCN1c1n[nH]c(=S)n1C1CCCC1. The molecule has 2 heterocycles. The Labute approximate surface area is 120 Å². The molecule has 1 aromatic rings. The summed E-state index contributed by atoms with van der Waals surface area (Å²) in [4.78, 5) is 2.47. The summed E-state index contributed by atoms with van der Waals surface area (Å²) in [5.41, 5.74) is 0. The van der Waals surface area contributed by atoms with Crippen molar-refractivity contribution in [2.24, 2.45) is 0 Å². The van der Waals surface area contributed by atoms with Crippen LogP contribution in [-0.4, -0.2) is 27.4 Å². The quantitative estimate of drug-likeness (QED) is 0.837. The summed E-state index contributed by atoms with van der Waals surface area (Å²) in [5.74, 6) is 1.09. The molecule has 0 spiro atoms. The van der Waals surface area contributed by atoms with Gasteiger partial charge in [0.15, 0.2) is 4.77 Å². The van der Waals surface area contributed by atoms with Gasteiger partial charge < -0.3 is 4.90 Å². The summed E-state index contributed by atoms with van der Waals surface area (Å²) < 4.78 is 3.10. The molecule has 1 aromatic heterocycles. The molecule has 1 saturated carbocycles. The fourth-order valence-electron chi connectivity index (χ4n) is 3.56. The zero-order chi connectivity index (χ0) is 13.2. The number of rotatable bonds is 2. The minimum Gasteiger partial charge on any atom is -0.338 e. The predicted molar refractivity (Wildman–Crippen MR) is 80.2 cm³/mol. The first kappa shape index (κ1) is 13.2. The van der Waals surface area contributed by atoms with E-state index in [1.54, 1.807) is 0 Å². The van der Waals surface area contributed by atoms with E-state index in [0.717, 1.165) is 17.3 Å². The average Bonchev–Trinajstić information content (AvgIpc) is 2.98. The molecule has 5 heteroatoms. The van der Waals surface area contributed by atoms with Crippen molar-refractivity contribution in [2.45, 2.75) is 70.4 Å². The zero-order valence-electron chi connectivity index (χ0n) is 11.8. The van der Waals surface area contributed by atoms with Crippen molar-refractivity contribution in [1.82, 2.24) is 14.8 Å². The second-order valence-electron chi connectivity index (χ2n) is 6.03. The first-order valence-corrected chi connectivity index (χ1v) is 8.12. The molecule has 4 nitrogen and oxygen atoms in total. The second kappa shape index (κ2) is 5.65. The van der Waals surface area contributed by atoms with Crippen LogP contribution < -0.4 is 4.90 Å². The molecular weight excluding hydrogens is 256 g/mol. The Morgan fingerprint density at radius 2 is 1.84 bits per heavy atom. The maximum atomic E-state index is 5.47. The molecular formula is C14H24N4S. The van der Waals surface area contributed by atoms with Gasteiger partial charge in [0, 0.05) is 18.6 Å². The van der Waals surface area contributed by atoms with Gasteiger partial charge >= 0.3 is 0 Å². The fraction of sp³-hybridized carbons (Fsp3) is 0.857. The van der Waals surface area contributed by atoms with Crippen molar-refractivity contribution < 1.29 is 0 Å². The average molecular weight is 280 g/mol. The van der Waals surface area contributed by atoms with E-state index in [1.807, 2.05) is 0 Å². The zero-order valence-corrected chi connectivity index (χ0v) is 12.6. The highest BCUT2D eigenvalue weighted by molar-refractivity contribution is 7.71.